The summed E-state index contributed by atoms with van der Waals surface area (Å²) in [6.07, 6.45) is 1.86. The molecule has 0 saturated heterocycles. The van der Waals surface area contributed by atoms with Crippen molar-refractivity contribution >= 4 is 22.6 Å². The van der Waals surface area contributed by atoms with E-state index in [-0.39, 0.29) is 11.6 Å². The minimum atomic E-state index is -0.603. The maximum Gasteiger partial charge on any atom is 0.323 e. The minimum Gasteiger partial charge on any atom is -0.324 e. The summed E-state index contributed by atoms with van der Waals surface area (Å²) in [5.74, 6) is -0.251. The Balaban J connectivity index is 1.59. The summed E-state index contributed by atoms with van der Waals surface area (Å²) in [6.45, 7) is 0. The summed E-state index contributed by atoms with van der Waals surface area (Å²) in [5, 5.41) is 14.0. The fourth-order valence-electron chi connectivity index (χ4n) is 2.79. The zero-order valence-corrected chi connectivity index (χ0v) is 13.6. The maximum atomic E-state index is 12.8. The third-order valence-electron chi connectivity index (χ3n) is 4.04. The first-order chi connectivity index (χ1) is 12.7. The first-order valence-corrected chi connectivity index (χ1v) is 7.98. The van der Waals surface area contributed by atoms with Gasteiger partial charge in [-0.05, 0) is 34.2 Å². The number of amides is 1. The lowest BCUT2D eigenvalue weighted by Crippen LogP contribution is -2.28. The molecule has 0 radical (unpaired) electrons. The number of imidazole rings is 1. The molecule has 2 aromatic carbocycles. The Hall–Kier alpha value is -3.75. The Labute approximate surface area is 147 Å². The molecule has 2 aromatic heterocycles. The first-order valence-electron chi connectivity index (χ1n) is 7.98. The first kappa shape index (κ1) is 15.8. The largest absolute Gasteiger partial charge is 0.324 e. The predicted octanol–water partition coefficient (Wildman–Crippen LogP) is 1.27. The van der Waals surface area contributed by atoms with Crippen molar-refractivity contribution in [3.05, 3.63) is 70.9 Å². The van der Waals surface area contributed by atoms with Crippen LogP contribution in [0.25, 0.3) is 11.0 Å². The molecule has 0 aliphatic carbocycles. The summed E-state index contributed by atoms with van der Waals surface area (Å²) >= 11 is 0. The van der Waals surface area contributed by atoms with E-state index < -0.39 is 6.04 Å². The van der Waals surface area contributed by atoms with Crippen molar-refractivity contribution in [2.24, 2.45) is 0 Å². The fourth-order valence-corrected chi connectivity index (χ4v) is 2.79. The summed E-state index contributed by atoms with van der Waals surface area (Å²) in [7, 11) is 0. The van der Waals surface area contributed by atoms with Gasteiger partial charge in [-0.3, -0.25) is 4.79 Å². The smallest absolute Gasteiger partial charge is 0.323 e. The Morgan fingerprint density at radius 2 is 1.92 bits per heavy atom. The van der Waals surface area contributed by atoms with Gasteiger partial charge in [-0.25, -0.2) is 9.48 Å². The molecule has 4 aromatic rings. The average Bonchev–Trinajstić information content (AvgIpc) is 3.29. The number of nitrogens with one attached hydrogen (secondary N) is 3. The highest BCUT2D eigenvalue weighted by Gasteiger charge is 2.22. The van der Waals surface area contributed by atoms with E-state index >= 15 is 0 Å². The van der Waals surface area contributed by atoms with Crippen LogP contribution in [0.15, 0.2) is 59.7 Å². The van der Waals surface area contributed by atoms with Gasteiger partial charge in [0.15, 0.2) is 0 Å². The van der Waals surface area contributed by atoms with E-state index in [1.54, 1.807) is 18.2 Å². The van der Waals surface area contributed by atoms with Crippen LogP contribution in [0.1, 0.15) is 11.6 Å². The van der Waals surface area contributed by atoms with Gasteiger partial charge in [0.1, 0.15) is 12.4 Å². The number of H-pyrrole nitrogens is 2. The number of tetrazole rings is 1. The Morgan fingerprint density at radius 1 is 1.12 bits per heavy atom. The Morgan fingerprint density at radius 3 is 2.69 bits per heavy atom. The van der Waals surface area contributed by atoms with E-state index in [9.17, 15) is 9.59 Å². The Bertz CT molecular complexity index is 1080. The van der Waals surface area contributed by atoms with Gasteiger partial charge >= 0.3 is 5.69 Å². The molecule has 1 atom stereocenters. The molecule has 0 aliphatic heterocycles. The second-order valence-electron chi connectivity index (χ2n) is 5.82. The zero-order valence-electron chi connectivity index (χ0n) is 13.6. The summed E-state index contributed by atoms with van der Waals surface area (Å²) in [5.41, 5.74) is 2.57. The molecule has 4 rings (SSSR count). The monoisotopic (exact) mass is 349 g/mol. The highest BCUT2D eigenvalue weighted by molar-refractivity contribution is 5.95. The van der Waals surface area contributed by atoms with Crippen LogP contribution in [0.3, 0.4) is 0 Å². The van der Waals surface area contributed by atoms with E-state index in [0.717, 1.165) is 5.56 Å². The summed E-state index contributed by atoms with van der Waals surface area (Å²) in [4.78, 5) is 29.5. The normalized spacial score (nSPS) is 12.2. The number of aromatic amines is 2. The standard InChI is InChI=1S/C17H15N7O2/c25-16(19-12-6-7-13-14(9-12)21-17(26)20-13)15(24-10-18-22-23-24)8-11-4-2-1-3-5-11/h1-7,9-10,15H,8H2,(H,19,25)(H2,20,21,26). The van der Waals surface area contributed by atoms with Crippen molar-refractivity contribution in [1.82, 2.24) is 30.2 Å². The molecule has 2 heterocycles. The number of benzene rings is 2. The molecule has 1 unspecified atom stereocenters. The van der Waals surface area contributed by atoms with Crippen molar-refractivity contribution in [1.29, 1.82) is 0 Å². The second kappa shape index (κ2) is 6.63. The van der Waals surface area contributed by atoms with Crippen LogP contribution < -0.4 is 11.0 Å². The molecule has 3 N–H and O–H groups in total. The van der Waals surface area contributed by atoms with E-state index in [2.05, 4.69) is 30.8 Å². The number of carbonyl (C=O) groups is 1. The van der Waals surface area contributed by atoms with Crippen LogP contribution in [-0.4, -0.2) is 36.1 Å². The number of carbonyl (C=O) groups excluding carboxylic acids is 1. The number of anilines is 1. The quantitative estimate of drug-likeness (QED) is 0.501. The lowest BCUT2D eigenvalue weighted by molar-refractivity contribution is -0.119. The number of rotatable bonds is 5. The maximum absolute atomic E-state index is 12.8. The molecular formula is C17H15N7O2. The number of aromatic nitrogens is 6. The molecule has 0 aliphatic rings. The molecule has 0 fully saturated rings. The van der Waals surface area contributed by atoms with Crippen LogP contribution >= 0.6 is 0 Å². The Kier molecular flexibility index (Phi) is 4.02. The van der Waals surface area contributed by atoms with Crippen molar-refractivity contribution in [3.8, 4) is 0 Å². The van der Waals surface area contributed by atoms with Crippen molar-refractivity contribution < 1.29 is 4.79 Å². The minimum absolute atomic E-state index is 0.251. The van der Waals surface area contributed by atoms with Crippen LogP contribution in [0.4, 0.5) is 5.69 Å². The highest BCUT2D eigenvalue weighted by atomic mass is 16.2. The second-order valence-corrected chi connectivity index (χ2v) is 5.82. The highest BCUT2D eigenvalue weighted by Crippen LogP contribution is 2.19. The lowest BCUT2D eigenvalue weighted by atomic mass is 10.1. The number of nitrogens with zero attached hydrogens (tertiary/aromatic N) is 4. The molecular weight excluding hydrogens is 334 g/mol. The van der Waals surface area contributed by atoms with Gasteiger partial charge < -0.3 is 15.3 Å². The average molecular weight is 349 g/mol. The van der Waals surface area contributed by atoms with Crippen molar-refractivity contribution in [2.75, 3.05) is 5.32 Å². The van der Waals surface area contributed by atoms with E-state index in [1.165, 1.54) is 11.0 Å². The molecule has 130 valence electrons. The van der Waals surface area contributed by atoms with Crippen molar-refractivity contribution in [3.63, 3.8) is 0 Å². The van der Waals surface area contributed by atoms with Gasteiger partial charge in [0, 0.05) is 12.1 Å². The molecule has 0 bridgehead atoms. The van der Waals surface area contributed by atoms with Gasteiger partial charge in [-0.2, -0.15) is 0 Å². The molecule has 0 saturated carbocycles. The third-order valence-corrected chi connectivity index (χ3v) is 4.04. The number of hydrogen-bond donors (Lipinski definition) is 3. The molecule has 1 amide bonds. The van der Waals surface area contributed by atoms with Crippen LogP contribution in [-0.2, 0) is 11.2 Å². The van der Waals surface area contributed by atoms with Gasteiger partial charge in [-0.1, -0.05) is 30.3 Å². The lowest BCUT2D eigenvalue weighted by Gasteiger charge is -2.16. The van der Waals surface area contributed by atoms with Crippen LogP contribution in [0.5, 0.6) is 0 Å². The van der Waals surface area contributed by atoms with E-state index in [1.807, 2.05) is 30.3 Å². The molecule has 9 nitrogen and oxygen atoms in total. The van der Waals surface area contributed by atoms with Crippen LogP contribution in [0, 0.1) is 0 Å². The van der Waals surface area contributed by atoms with Crippen LogP contribution in [0.2, 0.25) is 0 Å². The van der Waals surface area contributed by atoms with E-state index in [4.69, 9.17) is 0 Å². The van der Waals surface area contributed by atoms with Gasteiger partial charge in [-0.15, -0.1) is 5.10 Å². The third kappa shape index (κ3) is 3.22. The van der Waals surface area contributed by atoms with E-state index in [0.29, 0.717) is 23.1 Å². The van der Waals surface area contributed by atoms with Gasteiger partial charge in [0.25, 0.3) is 0 Å². The zero-order chi connectivity index (χ0) is 17.9. The summed E-state index contributed by atoms with van der Waals surface area (Å²) in [6, 6.07) is 14.2. The fraction of sp³-hybridized carbons (Fsp3) is 0.118. The van der Waals surface area contributed by atoms with Crippen molar-refractivity contribution in [2.45, 2.75) is 12.5 Å². The number of hydrogen-bond acceptors (Lipinski definition) is 5. The molecule has 9 heteroatoms. The SMILES string of the molecule is O=C(Nc1ccc2[nH]c(=O)[nH]c2c1)C(Cc1ccccc1)n1cnnn1. The topological polar surface area (TPSA) is 121 Å². The molecule has 0 spiro atoms. The molecule has 26 heavy (non-hydrogen) atoms. The van der Waals surface area contributed by atoms with Gasteiger partial charge in [0.2, 0.25) is 5.91 Å². The predicted molar refractivity (Wildman–Crippen MR) is 94.5 cm³/mol. The number of fused-ring (bicyclic) bond motifs is 1. The van der Waals surface area contributed by atoms with Gasteiger partial charge in [0.05, 0.1) is 11.0 Å². The summed E-state index contributed by atoms with van der Waals surface area (Å²) < 4.78 is 1.43.